The monoisotopic (exact) mass is 379 g/mol. The van der Waals surface area contributed by atoms with E-state index in [-0.39, 0.29) is 5.91 Å². The highest BCUT2D eigenvalue weighted by atomic mass is 16.7. The highest BCUT2D eigenvalue weighted by molar-refractivity contribution is 6.23. The zero-order chi connectivity index (χ0) is 19.8. The normalized spacial score (nSPS) is 11.5. The molecule has 5 rings (SSSR count). The van der Waals surface area contributed by atoms with E-state index < -0.39 is 0 Å². The van der Waals surface area contributed by atoms with Gasteiger partial charge in [-0.15, -0.1) is 0 Å². The highest BCUT2D eigenvalue weighted by Gasteiger charge is 2.15. The van der Waals surface area contributed by atoms with E-state index in [2.05, 4.69) is 54.6 Å². The molecule has 142 valence electrons. The predicted molar refractivity (Wildman–Crippen MR) is 118 cm³/mol. The molecule has 0 unspecified atom stereocenters. The number of benzene rings is 5. The fraction of sp³-hybridized carbons (Fsp3) is 0.115. The van der Waals surface area contributed by atoms with E-state index >= 15 is 0 Å². The Bertz CT molecular complexity index is 1290. The first-order valence-electron chi connectivity index (χ1n) is 9.81. The zero-order valence-electron chi connectivity index (χ0n) is 16.3. The Balaban J connectivity index is 1.54. The van der Waals surface area contributed by atoms with Gasteiger partial charge in [0.1, 0.15) is 6.61 Å². The van der Waals surface area contributed by atoms with Gasteiger partial charge in [-0.2, -0.15) is 0 Å². The Hall–Kier alpha value is -3.43. The molecule has 0 aliphatic carbocycles. The minimum atomic E-state index is -0.105. The fourth-order valence-corrected chi connectivity index (χ4v) is 4.06. The molecule has 0 saturated heterocycles. The lowest BCUT2D eigenvalue weighted by Gasteiger charge is -2.22. The maximum atomic E-state index is 12.2. The summed E-state index contributed by atoms with van der Waals surface area (Å²) in [7, 11) is 0. The SMILES string of the molecule is CC(=O)N(Cc1ccc2ccc3cccc4ccc1c2c34)OCc1ccccc1. The summed E-state index contributed by atoms with van der Waals surface area (Å²) >= 11 is 0. The Labute approximate surface area is 169 Å². The third kappa shape index (κ3) is 3.20. The number of amides is 1. The van der Waals surface area contributed by atoms with Crippen molar-refractivity contribution < 1.29 is 9.63 Å². The molecule has 5 aromatic rings. The van der Waals surface area contributed by atoms with Crippen molar-refractivity contribution in [1.29, 1.82) is 0 Å². The van der Waals surface area contributed by atoms with Crippen molar-refractivity contribution in [2.24, 2.45) is 0 Å². The highest BCUT2D eigenvalue weighted by Crippen LogP contribution is 2.36. The molecule has 1 amide bonds. The van der Waals surface area contributed by atoms with E-state index in [1.807, 2.05) is 30.3 Å². The van der Waals surface area contributed by atoms with Gasteiger partial charge in [0.2, 0.25) is 5.91 Å². The fourth-order valence-electron chi connectivity index (χ4n) is 4.06. The largest absolute Gasteiger partial charge is 0.273 e. The molecule has 0 aromatic heterocycles. The minimum absolute atomic E-state index is 0.105. The van der Waals surface area contributed by atoms with Gasteiger partial charge >= 0.3 is 0 Å². The molecule has 0 saturated carbocycles. The summed E-state index contributed by atoms with van der Waals surface area (Å²) in [6.07, 6.45) is 0. The first-order chi connectivity index (χ1) is 14.2. The predicted octanol–water partition coefficient (Wildman–Crippen LogP) is 6.06. The third-order valence-electron chi connectivity index (χ3n) is 5.51. The smallest absolute Gasteiger partial charge is 0.243 e. The second-order valence-electron chi connectivity index (χ2n) is 7.40. The summed E-state index contributed by atoms with van der Waals surface area (Å²) in [6.45, 7) is 2.32. The van der Waals surface area contributed by atoms with Gasteiger partial charge in [0.05, 0.1) is 6.54 Å². The van der Waals surface area contributed by atoms with Crippen molar-refractivity contribution in [2.75, 3.05) is 0 Å². The molecule has 0 bridgehead atoms. The van der Waals surface area contributed by atoms with E-state index in [9.17, 15) is 4.79 Å². The Kier molecular flexibility index (Phi) is 4.38. The standard InChI is InChI=1S/C26H21NO2/c1-18(28)27(29-17-19-6-3-2-4-7-19)16-23-13-12-22-11-10-20-8-5-9-21-14-15-24(23)26(22)25(20)21/h2-15H,16-17H2,1H3. The summed E-state index contributed by atoms with van der Waals surface area (Å²) in [4.78, 5) is 18.1. The van der Waals surface area contributed by atoms with E-state index in [1.54, 1.807) is 6.92 Å². The average Bonchev–Trinajstić information content (AvgIpc) is 2.76. The lowest BCUT2D eigenvalue weighted by atomic mass is 9.92. The lowest BCUT2D eigenvalue weighted by molar-refractivity contribution is -0.193. The van der Waals surface area contributed by atoms with Gasteiger partial charge in [0.15, 0.2) is 0 Å². The summed E-state index contributed by atoms with van der Waals surface area (Å²) in [6, 6.07) is 29.2. The second kappa shape index (κ2) is 7.19. The molecule has 29 heavy (non-hydrogen) atoms. The van der Waals surface area contributed by atoms with E-state index in [1.165, 1.54) is 37.4 Å². The van der Waals surface area contributed by atoms with Gasteiger partial charge in [0.25, 0.3) is 0 Å². The van der Waals surface area contributed by atoms with Crippen molar-refractivity contribution >= 4 is 38.2 Å². The topological polar surface area (TPSA) is 29.5 Å². The molecule has 0 radical (unpaired) electrons. The Morgan fingerprint density at radius 2 is 1.41 bits per heavy atom. The molecule has 0 aliphatic heterocycles. The van der Waals surface area contributed by atoms with Crippen LogP contribution in [-0.2, 0) is 22.8 Å². The van der Waals surface area contributed by atoms with Crippen molar-refractivity contribution in [3.05, 3.63) is 96.1 Å². The van der Waals surface area contributed by atoms with E-state index in [0.717, 1.165) is 11.1 Å². The van der Waals surface area contributed by atoms with Crippen LogP contribution in [0.1, 0.15) is 18.1 Å². The Morgan fingerprint density at radius 1 is 0.759 bits per heavy atom. The van der Waals surface area contributed by atoms with Gasteiger partial charge in [0, 0.05) is 6.92 Å². The molecule has 3 heteroatoms. The van der Waals surface area contributed by atoms with Gasteiger partial charge in [-0.1, -0.05) is 84.9 Å². The second-order valence-corrected chi connectivity index (χ2v) is 7.40. The molecule has 0 N–H and O–H groups in total. The van der Waals surface area contributed by atoms with Crippen molar-refractivity contribution in [1.82, 2.24) is 5.06 Å². The van der Waals surface area contributed by atoms with Gasteiger partial charge in [-0.3, -0.25) is 9.63 Å². The first-order valence-corrected chi connectivity index (χ1v) is 9.81. The van der Waals surface area contributed by atoms with Crippen molar-refractivity contribution in [3.8, 4) is 0 Å². The number of hydrogen-bond acceptors (Lipinski definition) is 2. The summed E-state index contributed by atoms with van der Waals surface area (Å²) < 4.78 is 0. The summed E-state index contributed by atoms with van der Waals surface area (Å²) in [5.74, 6) is -0.105. The van der Waals surface area contributed by atoms with E-state index in [0.29, 0.717) is 13.2 Å². The summed E-state index contributed by atoms with van der Waals surface area (Å²) in [5.41, 5.74) is 2.12. The van der Waals surface area contributed by atoms with Crippen LogP contribution in [0.3, 0.4) is 0 Å². The maximum absolute atomic E-state index is 12.2. The van der Waals surface area contributed by atoms with Crippen LogP contribution in [0.25, 0.3) is 32.3 Å². The zero-order valence-corrected chi connectivity index (χ0v) is 16.3. The average molecular weight is 379 g/mol. The number of nitrogens with zero attached hydrogens (tertiary/aromatic N) is 1. The van der Waals surface area contributed by atoms with Gasteiger partial charge in [-0.05, 0) is 43.4 Å². The molecule has 3 nitrogen and oxygen atoms in total. The number of rotatable bonds is 5. The molecule has 0 aliphatic rings. The van der Waals surface area contributed by atoms with Crippen LogP contribution in [0, 0.1) is 0 Å². The molecular weight excluding hydrogens is 358 g/mol. The van der Waals surface area contributed by atoms with Crippen LogP contribution in [0.4, 0.5) is 0 Å². The van der Waals surface area contributed by atoms with Gasteiger partial charge < -0.3 is 0 Å². The van der Waals surface area contributed by atoms with Crippen LogP contribution in [0.5, 0.6) is 0 Å². The van der Waals surface area contributed by atoms with Crippen LogP contribution < -0.4 is 0 Å². The number of carbonyl (C=O) groups is 1. The molecule has 0 heterocycles. The number of carbonyl (C=O) groups excluding carboxylic acids is 1. The number of hydroxylamine groups is 2. The molecule has 5 aromatic carbocycles. The third-order valence-corrected chi connectivity index (χ3v) is 5.51. The minimum Gasteiger partial charge on any atom is -0.273 e. The first kappa shape index (κ1) is 17.7. The van der Waals surface area contributed by atoms with E-state index in [4.69, 9.17) is 4.84 Å². The quantitative estimate of drug-likeness (QED) is 0.274. The van der Waals surface area contributed by atoms with Crippen molar-refractivity contribution in [3.63, 3.8) is 0 Å². The number of hydrogen-bond donors (Lipinski definition) is 0. The lowest BCUT2D eigenvalue weighted by Crippen LogP contribution is -2.28. The Morgan fingerprint density at radius 3 is 2.14 bits per heavy atom. The summed E-state index contributed by atoms with van der Waals surface area (Å²) in [5, 5.41) is 8.85. The van der Waals surface area contributed by atoms with Crippen LogP contribution >= 0.6 is 0 Å². The maximum Gasteiger partial charge on any atom is 0.243 e. The molecular formula is C26H21NO2. The molecule has 0 spiro atoms. The van der Waals surface area contributed by atoms with Crippen LogP contribution in [-0.4, -0.2) is 11.0 Å². The molecule has 0 atom stereocenters. The molecule has 0 fully saturated rings. The van der Waals surface area contributed by atoms with Crippen molar-refractivity contribution in [2.45, 2.75) is 20.1 Å². The van der Waals surface area contributed by atoms with Gasteiger partial charge in [-0.25, -0.2) is 5.06 Å². The van der Waals surface area contributed by atoms with Crippen LogP contribution in [0.2, 0.25) is 0 Å². The van der Waals surface area contributed by atoms with Crippen LogP contribution in [0.15, 0.2) is 84.9 Å².